The van der Waals surface area contributed by atoms with Gasteiger partial charge in [-0.25, -0.2) is 4.98 Å². The van der Waals surface area contributed by atoms with Crippen molar-refractivity contribution in [2.45, 2.75) is 18.2 Å². The molecule has 0 aliphatic rings. The second kappa shape index (κ2) is 14.0. The van der Waals surface area contributed by atoms with Crippen molar-refractivity contribution in [3.8, 4) is 5.69 Å². The normalized spacial score (nSPS) is 12.3. The summed E-state index contributed by atoms with van der Waals surface area (Å²) in [6.45, 7) is 3.46. The van der Waals surface area contributed by atoms with Crippen LogP contribution in [0.1, 0.15) is 19.0 Å². The van der Waals surface area contributed by atoms with Crippen molar-refractivity contribution in [1.29, 1.82) is 0 Å². The van der Waals surface area contributed by atoms with Crippen LogP contribution in [-0.2, 0) is 0 Å². The molecular weight excluding hydrogens is 470 g/mol. The molecule has 34 heavy (non-hydrogen) atoms. The van der Waals surface area contributed by atoms with Crippen LogP contribution in [0.15, 0.2) is 64.1 Å². The predicted molar refractivity (Wildman–Crippen MR) is 147 cm³/mol. The number of nitrogens with zero attached hydrogens (tertiary/aromatic N) is 4. The van der Waals surface area contributed by atoms with Crippen LogP contribution in [0.3, 0.4) is 0 Å². The molecule has 184 valence electrons. The summed E-state index contributed by atoms with van der Waals surface area (Å²) in [5, 5.41) is 12.5. The fraction of sp³-hybridized carbons (Fsp3) is 0.360. The van der Waals surface area contributed by atoms with Crippen molar-refractivity contribution in [1.82, 2.24) is 14.5 Å². The maximum atomic E-state index is 13.1. The van der Waals surface area contributed by atoms with Crippen molar-refractivity contribution in [3.05, 3.63) is 70.5 Å². The molecule has 0 saturated carbocycles. The molecule has 0 aliphatic carbocycles. The summed E-state index contributed by atoms with van der Waals surface area (Å²) in [7, 11) is 5.85. The minimum atomic E-state index is -0.253. The molecule has 1 aromatic heterocycles. The lowest BCUT2D eigenvalue weighted by Crippen LogP contribution is -2.35. The van der Waals surface area contributed by atoms with E-state index in [0.29, 0.717) is 36.9 Å². The summed E-state index contributed by atoms with van der Waals surface area (Å²) in [5.74, 6) is 0.430. The van der Waals surface area contributed by atoms with Gasteiger partial charge in [0.1, 0.15) is 6.33 Å². The maximum Gasteiger partial charge on any atom is 0.271 e. The molecule has 2 N–H and O–H groups in total. The smallest absolute Gasteiger partial charge is 0.271 e. The van der Waals surface area contributed by atoms with Gasteiger partial charge in [-0.05, 0) is 57.3 Å². The number of allylic oxidation sites excluding steroid dienone is 5. The van der Waals surface area contributed by atoms with E-state index in [1.165, 1.54) is 10.9 Å². The highest BCUT2D eigenvalue weighted by Crippen LogP contribution is 2.28. The number of anilines is 2. The molecule has 0 bridgehead atoms. The molecule has 7 nitrogen and oxygen atoms in total. The summed E-state index contributed by atoms with van der Waals surface area (Å²) < 4.78 is 1.48. The second-order valence-corrected chi connectivity index (χ2v) is 8.60. The molecule has 0 saturated heterocycles. The zero-order valence-electron chi connectivity index (χ0n) is 20.2. The highest BCUT2D eigenvalue weighted by molar-refractivity contribution is 7.80. The molecule has 0 atom stereocenters. The van der Waals surface area contributed by atoms with Crippen molar-refractivity contribution in [2.75, 3.05) is 57.1 Å². The van der Waals surface area contributed by atoms with Crippen LogP contribution < -0.4 is 15.8 Å². The van der Waals surface area contributed by atoms with E-state index in [0.717, 1.165) is 16.9 Å². The Kier molecular flexibility index (Phi) is 11.4. The molecule has 0 unspecified atom stereocenters. The first-order valence-corrected chi connectivity index (χ1v) is 12.0. The average molecular weight is 504 g/mol. The maximum absolute atomic E-state index is 13.1. The summed E-state index contributed by atoms with van der Waals surface area (Å²) in [6.07, 6.45) is 11.5. The lowest BCUT2D eigenvalue weighted by molar-refractivity contribution is 0.286. The van der Waals surface area contributed by atoms with E-state index < -0.39 is 0 Å². The van der Waals surface area contributed by atoms with Gasteiger partial charge in [-0.1, -0.05) is 24.3 Å². The van der Waals surface area contributed by atoms with E-state index in [1.807, 2.05) is 70.6 Å². The zero-order valence-corrected chi connectivity index (χ0v) is 21.9. The Balaban J connectivity index is 2.41. The number of nitrogens with one attached hydrogen (secondary N) is 1. The zero-order chi connectivity index (χ0) is 25.1. The highest BCUT2D eigenvalue weighted by Gasteiger charge is 2.14. The fourth-order valence-electron chi connectivity index (χ4n) is 3.39. The fourth-order valence-corrected chi connectivity index (χ4v) is 3.72. The molecule has 0 radical (unpaired) electrons. The summed E-state index contributed by atoms with van der Waals surface area (Å²) in [6, 6.07) is 5.78. The Morgan fingerprint density at radius 3 is 2.71 bits per heavy atom. The number of aromatic nitrogens is 2. The monoisotopic (exact) mass is 503 g/mol. The van der Waals surface area contributed by atoms with Crippen LogP contribution in [0.4, 0.5) is 11.4 Å². The van der Waals surface area contributed by atoms with Gasteiger partial charge in [-0.3, -0.25) is 14.3 Å². The van der Waals surface area contributed by atoms with Crippen LogP contribution in [0.25, 0.3) is 11.8 Å². The number of thiol groups is 1. The van der Waals surface area contributed by atoms with Crippen LogP contribution in [0, 0.1) is 0 Å². The molecular formula is C25H34ClN5O2S. The van der Waals surface area contributed by atoms with Gasteiger partial charge in [0.05, 0.1) is 34.3 Å². The summed E-state index contributed by atoms with van der Waals surface area (Å²) >= 11 is 10.2. The quantitative estimate of drug-likeness (QED) is 0.176. The molecule has 2 rings (SSSR count). The van der Waals surface area contributed by atoms with Crippen molar-refractivity contribution < 1.29 is 5.11 Å². The Labute approximate surface area is 212 Å². The number of aliphatic hydroxyl groups is 1. The second-order valence-electron chi connectivity index (χ2n) is 7.85. The third-order valence-corrected chi connectivity index (χ3v) is 5.65. The number of rotatable bonds is 12. The number of halogens is 1. The van der Waals surface area contributed by atoms with E-state index in [-0.39, 0.29) is 17.1 Å². The van der Waals surface area contributed by atoms with E-state index in [2.05, 4.69) is 32.7 Å². The van der Waals surface area contributed by atoms with E-state index in [4.69, 9.17) is 11.6 Å². The van der Waals surface area contributed by atoms with Crippen LogP contribution >= 0.6 is 24.2 Å². The Bertz CT molecular complexity index is 1100. The molecule has 1 heterocycles. The van der Waals surface area contributed by atoms with Gasteiger partial charge in [0, 0.05) is 26.1 Å². The Morgan fingerprint density at radius 2 is 2.09 bits per heavy atom. The van der Waals surface area contributed by atoms with Crippen molar-refractivity contribution in [2.24, 2.45) is 0 Å². The molecule has 2 aromatic rings. The first kappa shape index (κ1) is 27.7. The Hall–Kier alpha value is -2.52. The Morgan fingerprint density at radius 1 is 1.32 bits per heavy atom. The van der Waals surface area contributed by atoms with Gasteiger partial charge in [0.2, 0.25) is 0 Å². The predicted octanol–water partition coefficient (Wildman–Crippen LogP) is 4.03. The van der Waals surface area contributed by atoms with Crippen molar-refractivity contribution >= 4 is 41.7 Å². The number of hydrogen-bond donors (Lipinski definition) is 3. The SMILES string of the molecule is C/C=C(\C=C/CCl)/C=C/c1ncn(-c2ccc(N(CCCO)CN(C)C)c(NC)c2)c(=O)c1S. The van der Waals surface area contributed by atoms with Crippen LogP contribution in [-0.4, -0.2) is 66.4 Å². The number of hydrogen-bond acceptors (Lipinski definition) is 7. The summed E-state index contributed by atoms with van der Waals surface area (Å²) in [5.41, 5.74) is 3.74. The van der Waals surface area contributed by atoms with Gasteiger partial charge >= 0.3 is 0 Å². The topological polar surface area (TPSA) is 73.6 Å². The number of alkyl halides is 1. The first-order valence-electron chi connectivity index (χ1n) is 11.1. The molecule has 0 spiro atoms. The molecule has 9 heteroatoms. The molecule has 0 fully saturated rings. The minimum absolute atomic E-state index is 0.127. The van der Waals surface area contributed by atoms with Crippen LogP contribution in [0.2, 0.25) is 0 Å². The highest BCUT2D eigenvalue weighted by atomic mass is 35.5. The summed E-state index contributed by atoms with van der Waals surface area (Å²) in [4.78, 5) is 22.1. The molecule has 1 aromatic carbocycles. The van der Waals surface area contributed by atoms with E-state index in [1.54, 1.807) is 6.08 Å². The third-order valence-electron chi connectivity index (χ3n) is 5.05. The number of aliphatic hydroxyl groups excluding tert-OH is 1. The standard InChI is InChI=1S/C25H34ClN5O2S/c1-5-19(8-6-13-26)9-11-21-24(34)25(33)31(17-28-21)20-10-12-23(22(16-20)27-2)30(14-7-15-32)18-29(3)4/h5-6,8-12,16-17,27,32,34H,7,13-15,18H2,1-4H3/b8-6-,11-9+,19-5+. The lowest BCUT2D eigenvalue weighted by Gasteiger charge is -2.30. The van der Waals surface area contributed by atoms with E-state index in [9.17, 15) is 9.90 Å². The minimum Gasteiger partial charge on any atom is -0.396 e. The van der Waals surface area contributed by atoms with E-state index >= 15 is 0 Å². The lowest BCUT2D eigenvalue weighted by atomic mass is 10.2. The average Bonchev–Trinajstić information content (AvgIpc) is 2.83. The molecule has 0 aliphatic heterocycles. The molecule has 0 amide bonds. The van der Waals surface area contributed by atoms with Crippen molar-refractivity contribution in [3.63, 3.8) is 0 Å². The van der Waals surface area contributed by atoms with Gasteiger partial charge in [-0.15, -0.1) is 24.2 Å². The van der Waals surface area contributed by atoms with Gasteiger partial charge in [-0.2, -0.15) is 0 Å². The number of benzene rings is 1. The van der Waals surface area contributed by atoms with Gasteiger partial charge < -0.3 is 15.3 Å². The van der Waals surface area contributed by atoms with Gasteiger partial charge in [0.25, 0.3) is 5.56 Å². The first-order chi connectivity index (χ1) is 16.4. The van der Waals surface area contributed by atoms with Gasteiger partial charge in [0.15, 0.2) is 0 Å². The van der Waals surface area contributed by atoms with Crippen LogP contribution in [0.5, 0.6) is 0 Å². The largest absolute Gasteiger partial charge is 0.396 e. The third kappa shape index (κ3) is 7.50.